The van der Waals surface area contributed by atoms with Crippen LogP contribution in [0.25, 0.3) is 11.0 Å². The van der Waals surface area contributed by atoms with Crippen LogP contribution in [0.4, 0.5) is 17.3 Å². The molecule has 0 atom stereocenters. The van der Waals surface area contributed by atoms with Crippen LogP contribution in [-0.2, 0) is 0 Å². The largest absolute Gasteiger partial charge is 0.449 e. The van der Waals surface area contributed by atoms with Crippen molar-refractivity contribution in [2.24, 2.45) is 0 Å². The highest BCUT2D eigenvalue weighted by atomic mass is 16.5. The van der Waals surface area contributed by atoms with Gasteiger partial charge in [-0.1, -0.05) is 42.0 Å². The Labute approximate surface area is 146 Å². The second-order valence-electron chi connectivity index (χ2n) is 6.43. The van der Waals surface area contributed by atoms with Gasteiger partial charge in [-0.15, -0.1) is 0 Å². The molecule has 4 aromatic rings. The first-order valence-electron chi connectivity index (χ1n) is 8.38. The highest BCUT2D eigenvalue weighted by molar-refractivity contribution is 5.96. The van der Waals surface area contributed by atoms with Gasteiger partial charge in [-0.05, 0) is 49.7 Å². The van der Waals surface area contributed by atoms with Gasteiger partial charge < -0.3 is 9.15 Å². The first-order valence-corrected chi connectivity index (χ1v) is 8.38. The van der Waals surface area contributed by atoms with Gasteiger partial charge >= 0.3 is 0 Å². The molecule has 0 N–H and O–H groups in total. The van der Waals surface area contributed by atoms with Crippen LogP contribution >= 0.6 is 0 Å². The van der Waals surface area contributed by atoms with Gasteiger partial charge in [-0.2, -0.15) is 0 Å². The Morgan fingerprint density at radius 1 is 0.800 bits per heavy atom. The molecule has 0 fully saturated rings. The lowest BCUT2D eigenvalue weighted by Gasteiger charge is -2.30. The quantitative estimate of drug-likeness (QED) is 0.346. The van der Waals surface area contributed by atoms with Crippen LogP contribution in [0.5, 0.6) is 11.5 Å². The monoisotopic (exact) mass is 327 g/mol. The van der Waals surface area contributed by atoms with Crippen LogP contribution < -0.4 is 9.64 Å². The summed E-state index contributed by atoms with van der Waals surface area (Å²) < 4.78 is 12.4. The summed E-state index contributed by atoms with van der Waals surface area (Å²) in [6, 6.07) is 22.5. The lowest BCUT2D eigenvalue weighted by Crippen LogP contribution is -2.15. The first-order chi connectivity index (χ1) is 12.2. The molecule has 5 rings (SSSR count). The maximum Gasteiger partial charge on any atom is 0.249 e. The lowest BCUT2D eigenvalue weighted by atomic mass is 10.1. The van der Waals surface area contributed by atoms with Crippen molar-refractivity contribution >= 4 is 28.2 Å². The highest BCUT2D eigenvalue weighted by Gasteiger charge is 2.31. The zero-order valence-electron chi connectivity index (χ0n) is 14.1. The van der Waals surface area contributed by atoms with E-state index in [1.807, 2.05) is 42.5 Å². The third kappa shape index (κ3) is 2.06. The fraction of sp³-hybridized carbons (Fsp3) is 0.0909. The molecule has 0 bridgehead atoms. The van der Waals surface area contributed by atoms with Gasteiger partial charge in [0.05, 0.1) is 16.8 Å². The average molecular weight is 327 g/mol. The van der Waals surface area contributed by atoms with Crippen molar-refractivity contribution in [3.63, 3.8) is 0 Å². The molecule has 0 saturated carbocycles. The summed E-state index contributed by atoms with van der Waals surface area (Å²) in [6.07, 6.45) is 0. The Morgan fingerprint density at radius 3 is 2.48 bits per heavy atom. The van der Waals surface area contributed by atoms with E-state index in [0.717, 1.165) is 39.7 Å². The number of furan rings is 1. The molecule has 122 valence electrons. The van der Waals surface area contributed by atoms with Gasteiger partial charge in [0.1, 0.15) is 5.58 Å². The van der Waals surface area contributed by atoms with E-state index in [1.165, 1.54) is 11.1 Å². The molecule has 0 aliphatic carbocycles. The Morgan fingerprint density at radius 2 is 1.60 bits per heavy atom. The standard InChI is InChI=1S/C22H17NO2/c1-14-11-12-17(15(2)13-14)23-18-8-4-6-10-20(18)24-21-16-7-3-5-9-19(16)25-22(21)23/h3-13H,1-2H3. The van der Waals surface area contributed by atoms with Gasteiger partial charge in [0.2, 0.25) is 5.88 Å². The molecule has 0 saturated heterocycles. The number of nitrogens with zero attached hydrogens (tertiary/aromatic N) is 1. The summed E-state index contributed by atoms with van der Waals surface area (Å²) in [5.41, 5.74) is 5.36. The van der Waals surface area contributed by atoms with Crippen molar-refractivity contribution in [1.82, 2.24) is 0 Å². The average Bonchev–Trinajstić information content (AvgIpc) is 2.99. The maximum absolute atomic E-state index is 6.21. The molecule has 3 aromatic carbocycles. The summed E-state index contributed by atoms with van der Waals surface area (Å²) in [7, 11) is 0. The zero-order chi connectivity index (χ0) is 17.0. The summed E-state index contributed by atoms with van der Waals surface area (Å²) >= 11 is 0. The molecular formula is C22H17NO2. The van der Waals surface area contributed by atoms with Crippen molar-refractivity contribution in [1.29, 1.82) is 0 Å². The number of hydrogen-bond acceptors (Lipinski definition) is 3. The Hall–Kier alpha value is -3.20. The van der Waals surface area contributed by atoms with Gasteiger partial charge in [-0.25, -0.2) is 0 Å². The maximum atomic E-state index is 6.21. The predicted molar refractivity (Wildman–Crippen MR) is 100 cm³/mol. The van der Waals surface area contributed by atoms with Crippen LogP contribution in [0, 0.1) is 13.8 Å². The fourth-order valence-corrected chi connectivity index (χ4v) is 3.50. The van der Waals surface area contributed by atoms with Crippen molar-refractivity contribution in [2.75, 3.05) is 4.90 Å². The summed E-state index contributed by atoms with van der Waals surface area (Å²) in [5.74, 6) is 2.34. The number of benzene rings is 3. The molecule has 3 heteroatoms. The molecule has 3 nitrogen and oxygen atoms in total. The molecule has 0 radical (unpaired) electrons. The third-order valence-electron chi connectivity index (χ3n) is 4.65. The van der Waals surface area contributed by atoms with Crippen LogP contribution in [0.2, 0.25) is 0 Å². The molecule has 0 spiro atoms. The Bertz CT molecular complexity index is 1110. The molecule has 1 aliphatic rings. The number of hydrogen-bond donors (Lipinski definition) is 0. The van der Waals surface area contributed by atoms with E-state index in [1.54, 1.807) is 0 Å². The lowest BCUT2D eigenvalue weighted by molar-refractivity contribution is 0.464. The third-order valence-corrected chi connectivity index (χ3v) is 4.65. The molecule has 0 amide bonds. The summed E-state index contributed by atoms with van der Waals surface area (Å²) in [5, 5.41) is 0.988. The molecule has 1 aliphatic heterocycles. The highest BCUT2D eigenvalue weighted by Crippen LogP contribution is 2.54. The molecule has 1 aromatic heterocycles. The van der Waals surface area contributed by atoms with E-state index in [2.05, 4.69) is 43.0 Å². The van der Waals surface area contributed by atoms with E-state index in [0.29, 0.717) is 0 Å². The van der Waals surface area contributed by atoms with Gasteiger partial charge in [0.15, 0.2) is 11.5 Å². The zero-order valence-corrected chi connectivity index (χ0v) is 14.1. The molecule has 2 heterocycles. The minimum Gasteiger partial charge on any atom is -0.449 e. The molecular weight excluding hydrogens is 310 g/mol. The van der Waals surface area contributed by atoms with Crippen molar-refractivity contribution in [2.45, 2.75) is 13.8 Å². The summed E-state index contributed by atoms with van der Waals surface area (Å²) in [6.45, 7) is 4.24. The Kier molecular flexibility index (Phi) is 2.92. The van der Waals surface area contributed by atoms with Crippen molar-refractivity contribution in [3.8, 4) is 11.5 Å². The second-order valence-corrected chi connectivity index (χ2v) is 6.43. The normalized spacial score (nSPS) is 12.6. The van der Waals surface area contributed by atoms with Gasteiger partial charge in [0, 0.05) is 0 Å². The van der Waals surface area contributed by atoms with Gasteiger partial charge in [-0.3, -0.25) is 4.90 Å². The van der Waals surface area contributed by atoms with E-state index in [4.69, 9.17) is 9.15 Å². The minimum absolute atomic E-state index is 0.729. The number of ether oxygens (including phenoxy) is 1. The van der Waals surface area contributed by atoms with Crippen LogP contribution in [-0.4, -0.2) is 0 Å². The van der Waals surface area contributed by atoms with Crippen LogP contribution in [0.15, 0.2) is 71.1 Å². The van der Waals surface area contributed by atoms with Gasteiger partial charge in [0.25, 0.3) is 0 Å². The Balaban J connectivity index is 1.83. The van der Waals surface area contributed by atoms with Crippen LogP contribution in [0.1, 0.15) is 11.1 Å². The topological polar surface area (TPSA) is 25.6 Å². The number of fused-ring (bicyclic) bond motifs is 4. The minimum atomic E-state index is 0.729. The van der Waals surface area contributed by atoms with Crippen molar-refractivity contribution < 1.29 is 9.15 Å². The van der Waals surface area contributed by atoms with E-state index < -0.39 is 0 Å². The molecule has 0 unspecified atom stereocenters. The predicted octanol–water partition coefficient (Wildman–Crippen LogP) is 6.63. The summed E-state index contributed by atoms with van der Waals surface area (Å²) in [4.78, 5) is 2.16. The number of anilines is 3. The fourth-order valence-electron chi connectivity index (χ4n) is 3.50. The van der Waals surface area contributed by atoms with E-state index in [9.17, 15) is 0 Å². The smallest absolute Gasteiger partial charge is 0.249 e. The number of aryl methyl sites for hydroxylation is 2. The van der Waals surface area contributed by atoms with E-state index in [-0.39, 0.29) is 0 Å². The number of para-hydroxylation sites is 3. The van der Waals surface area contributed by atoms with E-state index >= 15 is 0 Å². The van der Waals surface area contributed by atoms with Crippen LogP contribution in [0.3, 0.4) is 0 Å². The second kappa shape index (κ2) is 5.15. The number of rotatable bonds is 1. The van der Waals surface area contributed by atoms with Crippen molar-refractivity contribution in [3.05, 3.63) is 77.9 Å². The first kappa shape index (κ1) is 14.2. The SMILES string of the molecule is Cc1ccc(N2c3ccccc3Oc3c2oc2ccccc32)c(C)c1. The molecule has 25 heavy (non-hydrogen) atoms.